The summed E-state index contributed by atoms with van der Waals surface area (Å²) in [5, 5.41) is 0. The maximum Gasteiger partial charge on any atom is 0.450 e. The highest BCUT2D eigenvalue weighted by atomic mass is 19.4. The number of halogens is 3. The molecular weight excluding hydrogens is 231 g/mol. The van der Waals surface area contributed by atoms with Gasteiger partial charge in [0.15, 0.2) is 0 Å². The molecule has 0 saturated carbocycles. The highest BCUT2D eigenvalue weighted by Crippen LogP contribution is 2.15. The largest absolute Gasteiger partial charge is 0.450 e. The molecule has 17 heavy (non-hydrogen) atoms. The predicted molar refractivity (Wildman–Crippen MR) is 60.4 cm³/mol. The maximum atomic E-state index is 12.2. The molecule has 0 heterocycles. The number of amidine groups is 1. The van der Waals surface area contributed by atoms with Gasteiger partial charge in [0, 0.05) is 6.54 Å². The van der Waals surface area contributed by atoms with Crippen molar-refractivity contribution in [3.05, 3.63) is 35.9 Å². The number of nitrogens with one attached hydrogen (secondary N) is 1. The summed E-state index contributed by atoms with van der Waals surface area (Å²) in [7, 11) is 0. The summed E-state index contributed by atoms with van der Waals surface area (Å²) < 4.78 is 36.6. The first-order valence-corrected chi connectivity index (χ1v) is 5.16. The first-order chi connectivity index (χ1) is 8.04. The van der Waals surface area contributed by atoms with Crippen molar-refractivity contribution in [1.29, 1.82) is 0 Å². The van der Waals surface area contributed by atoms with E-state index < -0.39 is 12.0 Å². The van der Waals surface area contributed by atoms with Gasteiger partial charge in [0.2, 0.25) is 5.84 Å². The smallest absolute Gasteiger partial charge is 0.305 e. The second-order valence-corrected chi connectivity index (χ2v) is 3.46. The number of aliphatic imine (C=N–C) groups is 1. The van der Waals surface area contributed by atoms with Crippen LogP contribution in [-0.4, -0.2) is 18.6 Å². The fourth-order valence-corrected chi connectivity index (χ4v) is 1.34. The van der Waals surface area contributed by atoms with Gasteiger partial charge in [-0.2, -0.15) is 13.2 Å². The van der Waals surface area contributed by atoms with Crippen LogP contribution in [0.4, 0.5) is 13.2 Å². The summed E-state index contributed by atoms with van der Waals surface area (Å²) in [4.78, 5) is 3.38. The van der Waals surface area contributed by atoms with Crippen molar-refractivity contribution in [2.75, 3.05) is 6.54 Å². The molecule has 0 unspecified atom stereocenters. The number of aryl methyl sites for hydroxylation is 1. The summed E-state index contributed by atoms with van der Waals surface area (Å²) >= 11 is 0. The van der Waals surface area contributed by atoms with E-state index in [1.54, 1.807) is 5.43 Å². The van der Waals surface area contributed by atoms with Gasteiger partial charge < -0.3 is 5.43 Å². The van der Waals surface area contributed by atoms with E-state index in [0.717, 1.165) is 5.56 Å². The molecule has 6 heteroatoms. The van der Waals surface area contributed by atoms with Crippen molar-refractivity contribution in [3.63, 3.8) is 0 Å². The molecule has 1 aromatic carbocycles. The van der Waals surface area contributed by atoms with Crippen LogP contribution in [0.3, 0.4) is 0 Å². The number of hydrogen-bond acceptors (Lipinski definition) is 2. The molecule has 0 atom stereocenters. The molecule has 3 N–H and O–H groups in total. The van der Waals surface area contributed by atoms with Gasteiger partial charge in [-0.1, -0.05) is 30.3 Å². The molecule has 0 radical (unpaired) electrons. The van der Waals surface area contributed by atoms with Gasteiger partial charge in [0.25, 0.3) is 0 Å². The van der Waals surface area contributed by atoms with Crippen molar-refractivity contribution >= 4 is 5.84 Å². The first kappa shape index (κ1) is 13.5. The van der Waals surface area contributed by atoms with Crippen LogP contribution in [0.25, 0.3) is 0 Å². The van der Waals surface area contributed by atoms with E-state index in [0.29, 0.717) is 12.8 Å². The lowest BCUT2D eigenvalue weighted by molar-refractivity contribution is -0.0620. The Morgan fingerprint density at radius 1 is 1.24 bits per heavy atom. The zero-order chi connectivity index (χ0) is 12.7. The fraction of sp³-hybridized carbons (Fsp3) is 0.364. The van der Waals surface area contributed by atoms with Gasteiger partial charge in [-0.25, -0.2) is 5.84 Å². The average Bonchev–Trinajstić information content (AvgIpc) is 2.28. The van der Waals surface area contributed by atoms with Crippen LogP contribution in [0, 0.1) is 0 Å². The third-order valence-corrected chi connectivity index (χ3v) is 2.14. The molecule has 0 aliphatic carbocycles. The molecule has 0 aliphatic rings. The summed E-state index contributed by atoms with van der Waals surface area (Å²) in [5.41, 5.74) is 2.65. The molecule has 0 amide bonds. The quantitative estimate of drug-likeness (QED) is 0.280. The second-order valence-electron chi connectivity index (χ2n) is 3.46. The van der Waals surface area contributed by atoms with Crippen LogP contribution in [0.2, 0.25) is 0 Å². The summed E-state index contributed by atoms with van der Waals surface area (Å²) in [6.45, 7) is 0.0912. The highest BCUT2D eigenvalue weighted by molar-refractivity contribution is 5.86. The van der Waals surface area contributed by atoms with Crippen molar-refractivity contribution in [2.24, 2.45) is 10.8 Å². The van der Waals surface area contributed by atoms with Crippen LogP contribution in [0.5, 0.6) is 0 Å². The Morgan fingerprint density at radius 2 is 1.88 bits per heavy atom. The Bertz CT molecular complexity index is 360. The molecule has 94 valence electrons. The monoisotopic (exact) mass is 245 g/mol. The van der Waals surface area contributed by atoms with Gasteiger partial charge in [0.05, 0.1) is 0 Å². The van der Waals surface area contributed by atoms with E-state index in [1.807, 2.05) is 30.3 Å². The van der Waals surface area contributed by atoms with Crippen LogP contribution in [-0.2, 0) is 6.42 Å². The third-order valence-electron chi connectivity index (χ3n) is 2.14. The molecule has 0 spiro atoms. The molecule has 3 nitrogen and oxygen atoms in total. The summed E-state index contributed by atoms with van der Waals surface area (Å²) in [6, 6.07) is 9.52. The van der Waals surface area contributed by atoms with Crippen LogP contribution in [0.1, 0.15) is 12.0 Å². The van der Waals surface area contributed by atoms with Gasteiger partial charge in [-0.15, -0.1) is 0 Å². The van der Waals surface area contributed by atoms with Crippen LogP contribution in [0.15, 0.2) is 35.3 Å². The van der Waals surface area contributed by atoms with E-state index in [9.17, 15) is 13.2 Å². The molecule has 1 aromatic rings. The minimum atomic E-state index is -4.51. The van der Waals surface area contributed by atoms with Crippen LogP contribution >= 0.6 is 0 Å². The molecule has 1 rings (SSSR count). The van der Waals surface area contributed by atoms with E-state index in [1.165, 1.54) is 0 Å². The minimum absolute atomic E-state index is 0.0912. The number of rotatable bonds is 4. The minimum Gasteiger partial charge on any atom is -0.305 e. The van der Waals surface area contributed by atoms with Crippen molar-refractivity contribution in [2.45, 2.75) is 19.0 Å². The van der Waals surface area contributed by atoms with Gasteiger partial charge in [-0.05, 0) is 18.4 Å². The summed E-state index contributed by atoms with van der Waals surface area (Å²) in [6.07, 6.45) is -3.27. The van der Waals surface area contributed by atoms with Gasteiger partial charge in [-0.3, -0.25) is 4.99 Å². The number of nitrogens with two attached hydrogens (primary N) is 1. The average molecular weight is 245 g/mol. The molecule has 0 aliphatic heterocycles. The number of nitrogens with zero attached hydrogens (tertiary/aromatic N) is 1. The normalized spacial score (nSPS) is 12.6. The standard InChI is InChI=1S/C11H14F3N3/c12-11(13,14)10(17-15)16-8-4-7-9-5-2-1-3-6-9/h1-3,5-6H,4,7-8,15H2,(H,16,17). The van der Waals surface area contributed by atoms with Gasteiger partial charge >= 0.3 is 6.18 Å². The molecule has 0 fully saturated rings. The van der Waals surface area contributed by atoms with Crippen molar-refractivity contribution < 1.29 is 13.2 Å². The topological polar surface area (TPSA) is 50.4 Å². The Labute approximate surface area is 97.5 Å². The Balaban J connectivity index is 2.39. The predicted octanol–water partition coefficient (Wildman–Crippen LogP) is 2.04. The zero-order valence-corrected chi connectivity index (χ0v) is 9.17. The van der Waals surface area contributed by atoms with Gasteiger partial charge in [0.1, 0.15) is 0 Å². The number of alkyl halides is 3. The van der Waals surface area contributed by atoms with Crippen LogP contribution < -0.4 is 11.3 Å². The molecule has 0 saturated heterocycles. The van der Waals surface area contributed by atoms with E-state index in [4.69, 9.17) is 5.84 Å². The Morgan fingerprint density at radius 3 is 2.41 bits per heavy atom. The fourth-order valence-electron chi connectivity index (χ4n) is 1.34. The second kappa shape index (κ2) is 6.24. The lowest BCUT2D eigenvalue weighted by Gasteiger charge is -2.08. The molecule has 0 bridgehead atoms. The molecule has 0 aromatic heterocycles. The zero-order valence-electron chi connectivity index (χ0n) is 9.17. The number of benzene rings is 1. The SMILES string of the molecule is NNC(=NCCCc1ccccc1)C(F)(F)F. The lowest BCUT2D eigenvalue weighted by atomic mass is 10.1. The highest BCUT2D eigenvalue weighted by Gasteiger charge is 2.35. The molecular formula is C11H14F3N3. The number of hydrazine groups is 1. The summed E-state index contributed by atoms with van der Waals surface area (Å²) in [5.74, 6) is 3.62. The van der Waals surface area contributed by atoms with E-state index >= 15 is 0 Å². The third kappa shape index (κ3) is 4.86. The van der Waals surface area contributed by atoms with E-state index in [2.05, 4.69) is 4.99 Å². The van der Waals surface area contributed by atoms with Crippen molar-refractivity contribution in [3.8, 4) is 0 Å². The lowest BCUT2D eigenvalue weighted by Crippen LogP contribution is -2.41. The number of hydrogen-bond donors (Lipinski definition) is 2. The Kier molecular flexibility index (Phi) is 4.96. The van der Waals surface area contributed by atoms with E-state index in [-0.39, 0.29) is 6.54 Å². The maximum absolute atomic E-state index is 12.2. The van der Waals surface area contributed by atoms with Crippen molar-refractivity contribution in [1.82, 2.24) is 5.43 Å². The first-order valence-electron chi connectivity index (χ1n) is 5.16. The Hall–Kier alpha value is -1.56.